The smallest absolute Gasteiger partial charge is 0.166 e. The molecule has 7 atom stereocenters. The number of piperidine rings is 1. The number of hydrogen-bond donors (Lipinski definition) is 1. The second-order valence-electron chi connectivity index (χ2n) is 12.1. The van der Waals surface area contributed by atoms with Gasteiger partial charge in [-0.3, -0.25) is 4.90 Å². The van der Waals surface area contributed by atoms with Gasteiger partial charge in [0.05, 0.1) is 18.6 Å². The number of rotatable bonds is 6. The Kier molecular flexibility index (Phi) is 4.31. The predicted octanol–water partition coefficient (Wildman–Crippen LogP) is 4.43. The van der Waals surface area contributed by atoms with E-state index in [4.69, 9.17) is 14.2 Å². The van der Waals surface area contributed by atoms with Crippen LogP contribution < -0.4 is 9.47 Å². The molecule has 7 aliphatic rings. The molecule has 188 valence electrons. The van der Waals surface area contributed by atoms with Gasteiger partial charge in [0.15, 0.2) is 11.5 Å². The highest BCUT2D eigenvalue weighted by Crippen LogP contribution is 2.75. The Bertz CT molecular complexity index is 1260. The van der Waals surface area contributed by atoms with Crippen LogP contribution in [0.2, 0.25) is 0 Å². The first-order chi connectivity index (χ1) is 17.6. The summed E-state index contributed by atoms with van der Waals surface area (Å²) >= 11 is 0. The van der Waals surface area contributed by atoms with E-state index in [1.54, 1.807) is 14.2 Å². The number of aliphatic hydroxyl groups excluding tert-OH is 1. The largest absolute Gasteiger partial charge is 0.493 e. The molecule has 5 heteroatoms. The maximum Gasteiger partial charge on any atom is 0.166 e. The van der Waals surface area contributed by atoms with Crippen LogP contribution in [0.3, 0.4) is 0 Å². The Hall–Kier alpha value is -2.34. The van der Waals surface area contributed by atoms with Crippen LogP contribution in [-0.2, 0) is 16.6 Å². The molecule has 2 spiro atoms. The Morgan fingerprint density at radius 3 is 2.69 bits per heavy atom. The van der Waals surface area contributed by atoms with Crippen molar-refractivity contribution in [2.24, 2.45) is 17.3 Å². The highest BCUT2D eigenvalue weighted by atomic mass is 16.6. The van der Waals surface area contributed by atoms with Crippen molar-refractivity contribution in [1.29, 1.82) is 0 Å². The first kappa shape index (κ1) is 21.7. The first-order valence-electron chi connectivity index (χ1n) is 13.7. The minimum Gasteiger partial charge on any atom is -0.493 e. The van der Waals surface area contributed by atoms with Gasteiger partial charge >= 0.3 is 0 Å². The second-order valence-corrected chi connectivity index (χ2v) is 12.1. The molecule has 2 heterocycles. The lowest BCUT2D eigenvalue weighted by atomic mass is 9.36. The van der Waals surface area contributed by atoms with E-state index in [2.05, 4.69) is 29.2 Å². The van der Waals surface area contributed by atoms with E-state index in [1.165, 1.54) is 30.5 Å². The molecule has 0 aromatic heterocycles. The average Bonchev–Trinajstić information content (AvgIpc) is 3.67. The van der Waals surface area contributed by atoms with Gasteiger partial charge in [0.2, 0.25) is 0 Å². The summed E-state index contributed by atoms with van der Waals surface area (Å²) in [4.78, 5) is 2.80. The highest BCUT2D eigenvalue weighted by Gasteiger charge is 2.79. The third-order valence-corrected chi connectivity index (χ3v) is 10.9. The van der Waals surface area contributed by atoms with E-state index in [0.717, 1.165) is 48.8 Å². The monoisotopic (exact) mass is 485 g/mol. The van der Waals surface area contributed by atoms with E-state index in [0.29, 0.717) is 6.04 Å². The zero-order valence-corrected chi connectivity index (χ0v) is 21.2. The normalized spacial score (nSPS) is 40.0. The zero-order chi connectivity index (χ0) is 24.3. The number of benzene rings is 2. The van der Waals surface area contributed by atoms with Gasteiger partial charge < -0.3 is 19.3 Å². The Labute approximate surface area is 213 Å². The third-order valence-electron chi connectivity index (χ3n) is 10.9. The second kappa shape index (κ2) is 7.15. The number of methoxy groups -OCH3 is 2. The van der Waals surface area contributed by atoms with Gasteiger partial charge in [0.25, 0.3) is 0 Å². The van der Waals surface area contributed by atoms with Gasteiger partial charge in [-0.25, -0.2) is 0 Å². The summed E-state index contributed by atoms with van der Waals surface area (Å²) < 4.78 is 19.4. The Morgan fingerprint density at radius 1 is 1.11 bits per heavy atom. The number of fused-ring (bicyclic) bond motifs is 1. The molecular weight excluding hydrogens is 450 g/mol. The Balaban J connectivity index is 1.36. The SMILES string of the molecule is COc1ccc2c3c1O[C@@H]1[C@]34CCN(CC3CC3)[C@H](C2)[C@]42C=C[C@@]1(OC)C(C(O)c1ccccc1)C2. The van der Waals surface area contributed by atoms with Crippen LogP contribution in [-0.4, -0.2) is 55.1 Å². The Morgan fingerprint density at radius 2 is 1.94 bits per heavy atom. The third kappa shape index (κ3) is 2.39. The summed E-state index contributed by atoms with van der Waals surface area (Å²) in [5.41, 5.74) is 2.77. The molecule has 1 N–H and O–H groups in total. The zero-order valence-electron chi connectivity index (χ0n) is 21.2. The summed E-state index contributed by atoms with van der Waals surface area (Å²) in [5.74, 6) is 2.48. The fourth-order valence-corrected chi connectivity index (χ4v) is 9.22. The van der Waals surface area contributed by atoms with Crippen LogP contribution in [0.15, 0.2) is 54.6 Å². The number of aliphatic hydroxyl groups is 1. The molecular formula is C31H35NO4. The van der Waals surface area contributed by atoms with Crippen molar-refractivity contribution < 1.29 is 19.3 Å². The van der Waals surface area contributed by atoms with Gasteiger partial charge in [-0.2, -0.15) is 0 Å². The minimum absolute atomic E-state index is 0.0988. The molecule has 1 saturated heterocycles. The van der Waals surface area contributed by atoms with Crippen molar-refractivity contribution in [1.82, 2.24) is 4.90 Å². The topological polar surface area (TPSA) is 51.2 Å². The van der Waals surface area contributed by atoms with Crippen LogP contribution >= 0.6 is 0 Å². The summed E-state index contributed by atoms with van der Waals surface area (Å²) in [7, 11) is 3.54. The van der Waals surface area contributed by atoms with E-state index in [1.807, 2.05) is 30.3 Å². The van der Waals surface area contributed by atoms with Crippen molar-refractivity contribution in [2.75, 3.05) is 27.3 Å². The lowest BCUT2D eigenvalue weighted by Crippen LogP contribution is -2.79. The molecule has 5 aliphatic carbocycles. The molecule has 36 heavy (non-hydrogen) atoms. The van der Waals surface area contributed by atoms with Gasteiger partial charge in [0, 0.05) is 36.6 Å². The quantitative estimate of drug-likeness (QED) is 0.614. The molecule has 9 rings (SSSR count). The molecule has 0 radical (unpaired) electrons. The molecule has 2 aromatic rings. The van der Waals surface area contributed by atoms with Crippen LogP contribution in [0.25, 0.3) is 0 Å². The van der Waals surface area contributed by atoms with Gasteiger partial charge in [-0.05, 0) is 61.8 Å². The van der Waals surface area contributed by atoms with Crippen molar-refractivity contribution in [3.05, 3.63) is 71.3 Å². The van der Waals surface area contributed by atoms with Crippen molar-refractivity contribution in [3.63, 3.8) is 0 Å². The fraction of sp³-hybridized carbons (Fsp3) is 0.548. The lowest BCUT2D eigenvalue weighted by molar-refractivity contribution is -0.233. The number of likely N-dealkylation sites (tertiary alicyclic amines) is 1. The maximum absolute atomic E-state index is 11.9. The van der Waals surface area contributed by atoms with Crippen molar-refractivity contribution in [2.45, 2.75) is 61.4 Å². The number of ether oxygens (including phenoxy) is 3. The minimum atomic E-state index is -0.709. The van der Waals surface area contributed by atoms with E-state index >= 15 is 0 Å². The van der Waals surface area contributed by atoms with Gasteiger partial charge in [-0.15, -0.1) is 0 Å². The molecule has 2 saturated carbocycles. The highest BCUT2D eigenvalue weighted by molar-refractivity contribution is 5.65. The van der Waals surface area contributed by atoms with Gasteiger partial charge in [0.1, 0.15) is 11.7 Å². The van der Waals surface area contributed by atoms with E-state index in [9.17, 15) is 5.11 Å². The molecule has 0 amide bonds. The molecule has 2 aromatic carbocycles. The molecule has 5 nitrogen and oxygen atoms in total. The van der Waals surface area contributed by atoms with Crippen LogP contribution in [0.1, 0.15) is 48.5 Å². The van der Waals surface area contributed by atoms with Crippen molar-refractivity contribution >= 4 is 0 Å². The average molecular weight is 486 g/mol. The molecule has 3 fully saturated rings. The van der Waals surface area contributed by atoms with Gasteiger partial charge in [-0.1, -0.05) is 48.6 Å². The first-order valence-corrected chi connectivity index (χ1v) is 13.7. The summed E-state index contributed by atoms with van der Waals surface area (Å²) in [6.45, 7) is 2.29. The fourth-order valence-electron chi connectivity index (χ4n) is 9.22. The standard InChI is InChI=1S/C31H35NO4/c1-34-23-11-10-21-16-24-29-12-13-31(35-2,22(17-29)26(33)20-6-4-3-5-7-20)28-30(29,25(21)27(23)36-28)14-15-32(24)18-19-8-9-19/h3-7,10-13,19,22,24,26,28,33H,8-9,14-18H2,1-2H3/t22?,24-,26?,28-,29-,30+,31-/m1/s1. The molecule has 2 aliphatic heterocycles. The van der Waals surface area contributed by atoms with Crippen LogP contribution in [0.5, 0.6) is 11.5 Å². The number of hydrogen-bond acceptors (Lipinski definition) is 5. The molecule has 2 unspecified atom stereocenters. The molecule has 4 bridgehead atoms. The summed E-state index contributed by atoms with van der Waals surface area (Å²) in [6, 6.07) is 14.9. The van der Waals surface area contributed by atoms with Crippen LogP contribution in [0.4, 0.5) is 0 Å². The van der Waals surface area contributed by atoms with Crippen LogP contribution in [0, 0.1) is 17.3 Å². The van der Waals surface area contributed by atoms with E-state index in [-0.39, 0.29) is 22.9 Å². The summed E-state index contributed by atoms with van der Waals surface area (Å²) in [6.07, 6.45) is 9.68. The van der Waals surface area contributed by atoms with Crippen molar-refractivity contribution in [3.8, 4) is 11.5 Å². The lowest BCUT2D eigenvalue weighted by Gasteiger charge is -2.71. The number of nitrogens with zero attached hydrogens (tertiary/aromatic N) is 1. The van der Waals surface area contributed by atoms with E-state index < -0.39 is 11.7 Å². The maximum atomic E-state index is 11.9. The summed E-state index contributed by atoms with van der Waals surface area (Å²) in [5, 5.41) is 11.9. The predicted molar refractivity (Wildman–Crippen MR) is 136 cm³/mol.